The lowest BCUT2D eigenvalue weighted by atomic mass is 10.2. The normalized spacial score (nSPS) is 28.4. The van der Waals surface area contributed by atoms with Gasteiger partial charge in [0.25, 0.3) is 0 Å². The van der Waals surface area contributed by atoms with Gasteiger partial charge in [-0.1, -0.05) is 0 Å². The van der Waals surface area contributed by atoms with E-state index in [9.17, 15) is 0 Å². The summed E-state index contributed by atoms with van der Waals surface area (Å²) in [5.41, 5.74) is 5.10. The SMILES string of the molecule is [2H]C([2H])([2H])OCC([2H])([2H])Oc1ccc(N2C([2H])([2H])C([2H])([2H])N(C([2H])([2H])C([2H])([2H])n3ncc4c3nc(N)n3nc(-c5ccco5)nc43)C([2H])([2H])C2([2H])[2H])cc1. The van der Waals surface area contributed by atoms with Crippen LogP contribution in [0.4, 0.5) is 11.6 Å². The molecule has 12 heteroatoms. The number of hydrogen-bond donors (Lipinski definition) is 1. The quantitative estimate of drug-likeness (QED) is 0.309. The van der Waals surface area contributed by atoms with Gasteiger partial charge in [-0.25, -0.2) is 9.67 Å². The summed E-state index contributed by atoms with van der Waals surface area (Å²) in [7, 11) is -2.93. The number of benzene rings is 1. The molecule has 5 heterocycles. The molecule has 0 saturated carbocycles. The Morgan fingerprint density at radius 1 is 1.11 bits per heavy atom. The third-order valence-electron chi connectivity index (χ3n) is 5.00. The van der Waals surface area contributed by atoms with Crippen molar-refractivity contribution in [3.8, 4) is 17.3 Å². The standard InChI is InChI=1S/C25H29N9O3/c1-35-15-16-36-19-6-4-18(5-7-19)32-11-8-31(9-12-32)10-13-33-23-20(17-27-33)24-28-22(21-3-2-14-37-21)30-34(24)25(26)29-23/h2-7,14,17H,8-13,15-16H2,1H3,(H2,26,29)/i1D3,8D2,9D2,10D2,11D2,12D2,13D2,16D2. The number of nitrogens with zero attached hydrogens (tertiary/aromatic N) is 8. The zero-order valence-corrected chi connectivity index (χ0v) is 18.7. The fraction of sp³-hybridized carbons (Fsp3) is 0.360. The molecule has 1 aromatic carbocycles. The Labute approximate surface area is 237 Å². The Morgan fingerprint density at radius 3 is 2.76 bits per heavy atom. The van der Waals surface area contributed by atoms with Gasteiger partial charge >= 0.3 is 0 Å². The number of methoxy groups -OCH3 is 1. The number of furan rings is 1. The molecule has 2 N–H and O–H groups in total. The van der Waals surface area contributed by atoms with Gasteiger partial charge in [0.05, 0.1) is 46.0 Å². The summed E-state index contributed by atoms with van der Waals surface area (Å²) in [5.74, 6) is -0.360. The molecule has 0 aliphatic carbocycles. The highest BCUT2D eigenvalue weighted by atomic mass is 16.5. The van der Waals surface area contributed by atoms with E-state index in [1.54, 1.807) is 12.1 Å². The number of rotatable bonds is 9. The molecule has 0 radical (unpaired) electrons. The number of piperazine rings is 1. The molecule has 6 rings (SSSR count). The number of nitrogen functional groups attached to an aromatic ring is 1. The fourth-order valence-corrected chi connectivity index (χ4v) is 3.35. The van der Waals surface area contributed by atoms with Crippen molar-refractivity contribution in [2.45, 2.75) is 6.50 Å². The van der Waals surface area contributed by atoms with Crippen molar-refractivity contribution in [1.29, 1.82) is 0 Å². The van der Waals surface area contributed by atoms with E-state index in [0.717, 1.165) is 35.0 Å². The highest BCUT2D eigenvalue weighted by molar-refractivity contribution is 5.90. The maximum atomic E-state index is 8.93. The van der Waals surface area contributed by atoms with Gasteiger partial charge < -0.3 is 24.5 Å². The lowest BCUT2D eigenvalue weighted by molar-refractivity contribution is 0.146. The van der Waals surface area contributed by atoms with Crippen molar-refractivity contribution < 1.29 is 37.2 Å². The molecule has 37 heavy (non-hydrogen) atoms. The molecule has 1 fully saturated rings. The minimum atomic E-state index is -3.97. The first-order valence-electron chi connectivity index (χ1n) is 19.1. The van der Waals surface area contributed by atoms with Gasteiger partial charge in [-0.15, -0.1) is 5.10 Å². The van der Waals surface area contributed by atoms with Crippen molar-refractivity contribution in [2.24, 2.45) is 0 Å². The van der Waals surface area contributed by atoms with Crippen LogP contribution in [0.15, 0.2) is 53.3 Å². The fourth-order valence-electron chi connectivity index (χ4n) is 3.35. The number of fused-ring (bicyclic) bond motifs is 3. The minimum Gasteiger partial charge on any atom is -0.491 e. The summed E-state index contributed by atoms with van der Waals surface area (Å²) >= 11 is 0. The second-order valence-corrected chi connectivity index (χ2v) is 7.28. The van der Waals surface area contributed by atoms with E-state index in [-0.39, 0.29) is 39.2 Å². The number of aryl methyl sites for hydroxylation is 1. The Balaban J connectivity index is 1.38. The van der Waals surface area contributed by atoms with Gasteiger partial charge in [0, 0.05) is 53.4 Å². The summed E-state index contributed by atoms with van der Waals surface area (Å²) in [6, 6.07) is 7.00. The van der Waals surface area contributed by atoms with Gasteiger partial charge in [-0.3, -0.25) is 4.90 Å². The first kappa shape index (κ1) is 11.1. The molecule has 0 unspecified atom stereocenters. The first-order valence-corrected chi connectivity index (χ1v) is 10.6. The Morgan fingerprint density at radius 2 is 1.97 bits per heavy atom. The molecule has 1 aliphatic heterocycles. The Hall–Kier alpha value is -4.16. The maximum Gasteiger partial charge on any atom is 0.225 e. The van der Waals surface area contributed by atoms with Crippen LogP contribution in [-0.2, 0) is 11.2 Å². The van der Waals surface area contributed by atoms with Gasteiger partial charge in [-0.05, 0) is 36.4 Å². The topological polar surface area (TPSA) is 125 Å². The van der Waals surface area contributed by atoms with Gasteiger partial charge in [0.1, 0.15) is 12.3 Å². The van der Waals surface area contributed by atoms with E-state index in [4.69, 9.17) is 38.2 Å². The van der Waals surface area contributed by atoms with E-state index >= 15 is 0 Å². The van der Waals surface area contributed by atoms with Crippen LogP contribution in [0.3, 0.4) is 0 Å². The van der Waals surface area contributed by atoms with Crippen LogP contribution in [-0.4, -0.2) is 87.0 Å². The van der Waals surface area contributed by atoms with E-state index < -0.39 is 75.4 Å². The summed E-state index contributed by atoms with van der Waals surface area (Å²) in [6.07, 6.45) is 2.40. The van der Waals surface area contributed by atoms with Crippen LogP contribution >= 0.6 is 0 Å². The third-order valence-corrected chi connectivity index (χ3v) is 5.00. The zero-order valence-electron chi connectivity index (χ0n) is 35.7. The molecule has 192 valence electrons. The van der Waals surface area contributed by atoms with Crippen LogP contribution in [0.1, 0.15) is 23.3 Å². The van der Waals surface area contributed by atoms with Gasteiger partial charge in [0.2, 0.25) is 11.8 Å². The van der Waals surface area contributed by atoms with E-state index in [0.29, 0.717) is 4.68 Å². The molecule has 0 amide bonds. The lowest BCUT2D eigenvalue weighted by Gasteiger charge is -2.36. The molecular formula is C25H29N9O3. The van der Waals surface area contributed by atoms with Crippen LogP contribution in [0, 0.1) is 0 Å². The highest BCUT2D eigenvalue weighted by Crippen LogP contribution is 2.24. The summed E-state index contributed by atoms with van der Waals surface area (Å²) in [6.45, 7) is -26.5. The Bertz CT molecular complexity index is 2160. The number of hydrogen-bond acceptors (Lipinski definition) is 10. The van der Waals surface area contributed by atoms with Crippen molar-refractivity contribution in [2.75, 3.05) is 63.3 Å². The van der Waals surface area contributed by atoms with E-state index in [2.05, 4.69) is 24.9 Å². The third kappa shape index (κ3) is 4.68. The molecule has 1 aliphatic rings. The molecule has 0 bridgehead atoms. The molecule has 5 aromatic rings. The smallest absolute Gasteiger partial charge is 0.225 e. The molecule has 12 nitrogen and oxygen atoms in total. The molecule has 1 saturated heterocycles. The number of aromatic nitrogens is 6. The monoisotopic (exact) mass is 520 g/mol. The largest absolute Gasteiger partial charge is 0.491 e. The second-order valence-electron chi connectivity index (χ2n) is 7.28. The first-order chi connectivity index (χ1) is 24.6. The molecular weight excluding hydrogens is 474 g/mol. The second kappa shape index (κ2) is 10.1. The number of anilines is 2. The van der Waals surface area contributed by atoms with Crippen LogP contribution in [0.5, 0.6) is 5.75 Å². The Kier molecular flexibility index (Phi) is 3.01. The zero-order chi connectivity index (χ0) is 40.2. The lowest BCUT2D eigenvalue weighted by Crippen LogP contribution is -2.47. The molecule has 4 aromatic heterocycles. The van der Waals surface area contributed by atoms with Crippen LogP contribution in [0.25, 0.3) is 28.3 Å². The van der Waals surface area contributed by atoms with Gasteiger partial charge in [-0.2, -0.15) is 14.6 Å². The summed E-state index contributed by atoms with van der Waals surface area (Å²) < 4.78 is 159. The average Bonchev–Trinajstić information content (AvgIpc) is 3.79. The van der Waals surface area contributed by atoms with Gasteiger partial charge in [0.15, 0.2) is 17.1 Å². The molecule has 0 atom stereocenters. The number of nitrogens with two attached hydrogens (primary N) is 1. The van der Waals surface area contributed by atoms with Crippen molar-refractivity contribution in [1.82, 2.24) is 34.3 Å². The van der Waals surface area contributed by atoms with Crippen LogP contribution < -0.4 is 15.4 Å². The van der Waals surface area contributed by atoms with Crippen molar-refractivity contribution >= 4 is 28.3 Å². The summed E-state index contributed by atoms with van der Waals surface area (Å²) in [5, 5.41) is 8.10. The maximum absolute atomic E-state index is 8.93. The minimum absolute atomic E-state index is 0.0186. The van der Waals surface area contributed by atoms with Crippen LogP contribution in [0.2, 0.25) is 0 Å². The van der Waals surface area contributed by atoms with E-state index in [1.165, 1.54) is 6.26 Å². The van der Waals surface area contributed by atoms with Crippen molar-refractivity contribution in [3.63, 3.8) is 0 Å². The predicted molar refractivity (Wildman–Crippen MR) is 139 cm³/mol. The number of ether oxygens (including phenoxy) is 2. The summed E-state index contributed by atoms with van der Waals surface area (Å²) in [4.78, 5) is 8.00. The molecule has 0 spiro atoms. The predicted octanol–water partition coefficient (Wildman–Crippen LogP) is 2.16. The average molecular weight is 521 g/mol. The van der Waals surface area contributed by atoms with Crippen molar-refractivity contribution in [3.05, 3.63) is 48.9 Å². The highest BCUT2D eigenvalue weighted by Gasteiger charge is 2.20. The van der Waals surface area contributed by atoms with E-state index in [1.807, 2.05) is 0 Å².